The summed E-state index contributed by atoms with van der Waals surface area (Å²) in [4.78, 5) is 0.596. The molecule has 0 fully saturated rings. The minimum atomic E-state index is 0.524. The molecule has 0 aliphatic carbocycles. The monoisotopic (exact) mass is 218 g/mol. The van der Waals surface area contributed by atoms with Crippen molar-refractivity contribution in [2.45, 2.75) is 0 Å². The van der Waals surface area contributed by atoms with E-state index in [9.17, 15) is 0 Å². The Morgan fingerprint density at radius 1 is 1.14 bits per heavy atom. The smallest absolute Gasteiger partial charge is 0.110 e. The number of hydrogen-bond acceptors (Lipinski definition) is 3. The van der Waals surface area contributed by atoms with Gasteiger partial charge in [-0.3, -0.25) is 0 Å². The van der Waals surface area contributed by atoms with Crippen LogP contribution in [0.5, 0.6) is 0 Å². The van der Waals surface area contributed by atoms with Crippen LogP contribution < -0.4 is 0 Å². The van der Waals surface area contributed by atoms with Crippen LogP contribution in [0.25, 0.3) is 10.1 Å². The highest BCUT2D eigenvalue weighted by molar-refractivity contribution is 7.19. The molecule has 4 heteroatoms. The molecule has 0 N–H and O–H groups in total. The average Bonchev–Trinajstić information content (AvgIpc) is 2.59. The molecule has 2 aromatic rings. The molecular formula is C10H3ClN2S. The molecule has 1 aromatic carbocycles. The summed E-state index contributed by atoms with van der Waals surface area (Å²) >= 11 is 7.14. The van der Waals surface area contributed by atoms with E-state index in [0.717, 1.165) is 10.1 Å². The zero-order valence-electron chi connectivity index (χ0n) is 6.91. The Morgan fingerprint density at radius 3 is 2.57 bits per heavy atom. The highest BCUT2D eigenvalue weighted by atomic mass is 35.5. The van der Waals surface area contributed by atoms with Crippen LogP contribution in [0.4, 0.5) is 0 Å². The van der Waals surface area contributed by atoms with Crippen molar-refractivity contribution in [2.24, 2.45) is 0 Å². The minimum Gasteiger partial charge on any atom is -0.192 e. The summed E-state index contributed by atoms with van der Waals surface area (Å²) in [5, 5.41) is 19.0. The standard InChI is InChI=1S/C10H3ClN2S/c11-8-1-6-3-9(5-13)14-10(6)7(2-8)4-12/h1-3H. The highest BCUT2D eigenvalue weighted by Crippen LogP contribution is 2.30. The normalized spacial score (nSPS) is 9.64. The van der Waals surface area contributed by atoms with Crippen molar-refractivity contribution in [1.29, 1.82) is 10.5 Å². The molecule has 0 amide bonds. The Labute approximate surface area is 89.6 Å². The zero-order chi connectivity index (χ0) is 10.1. The van der Waals surface area contributed by atoms with Gasteiger partial charge in [0.15, 0.2) is 0 Å². The molecule has 14 heavy (non-hydrogen) atoms. The molecule has 0 spiro atoms. The Balaban J connectivity index is 2.88. The van der Waals surface area contributed by atoms with E-state index >= 15 is 0 Å². The Bertz CT molecular complexity index is 586. The maximum Gasteiger partial charge on any atom is 0.110 e. The number of halogens is 1. The summed E-state index contributed by atoms with van der Waals surface area (Å²) in [7, 11) is 0. The van der Waals surface area contributed by atoms with Gasteiger partial charge in [0.25, 0.3) is 0 Å². The third-order valence-corrected chi connectivity index (χ3v) is 3.12. The molecule has 0 radical (unpaired) electrons. The first kappa shape index (κ1) is 9.02. The van der Waals surface area contributed by atoms with E-state index in [2.05, 4.69) is 12.1 Å². The zero-order valence-corrected chi connectivity index (χ0v) is 8.49. The van der Waals surface area contributed by atoms with Crippen LogP contribution >= 0.6 is 22.9 Å². The molecular weight excluding hydrogens is 216 g/mol. The molecule has 0 aliphatic rings. The van der Waals surface area contributed by atoms with Crippen molar-refractivity contribution in [1.82, 2.24) is 0 Å². The average molecular weight is 219 g/mol. The van der Waals surface area contributed by atoms with Gasteiger partial charge in [0.2, 0.25) is 0 Å². The number of thiophene rings is 1. The Kier molecular flexibility index (Phi) is 2.13. The molecule has 0 saturated heterocycles. The van der Waals surface area contributed by atoms with Crippen LogP contribution in [0.1, 0.15) is 10.4 Å². The number of nitrogens with zero attached hydrogens (tertiary/aromatic N) is 2. The fraction of sp³-hybridized carbons (Fsp3) is 0. The first-order chi connectivity index (χ1) is 6.74. The summed E-state index contributed by atoms with van der Waals surface area (Å²) < 4.78 is 0.827. The fourth-order valence-electron chi connectivity index (χ4n) is 1.25. The molecule has 0 bridgehead atoms. The van der Waals surface area contributed by atoms with Crippen molar-refractivity contribution in [2.75, 3.05) is 0 Å². The van der Waals surface area contributed by atoms with Crippen LogP contribution in [0.15, 0.2) is 18.2 Å². The minimum absolute atomic E-state index is 0.524. The van der Waals surface area contributed by atoms with Crippen molar-refractivity contribution >= 4 is 33.0 Å². The van der Waals surface area contributed by atoms with Gasteiger partial charge in [-0.05, 0) is 23.6 Å². The van der Waals surface area contributed by atoms with Gasteiger partial charge in [-0.2, -0.15) is 10.5 Å². The van der Waals surface area contributed by atoms with E-state index in [1.807, 2.05) is 0 Å². The van der Waals surface area contributed by atoms with Gasteiger partial charge in [-0.15, -0.1) is 11.3 Å². The number of hydrogen-bond donors (Lipinski definition) is 0. The largest absolute Gasteiger partial charge is 0.192 e. The topological polar surface area (TPSA) is 47.6 Å². The molecule has 0 atom stereocenters. The highest BCUT2D eigenvalue weighted by Gasteiger charge is 2.07. The van der Waals surface area contributed by atoms with Gasteiger partial charge >= 0.3 is 0 Å². The van der Waals surface area contributed by atoms with E-state index in [0.29, 0.717) is 15.5 Å². The van der Waals surface area contributed by atoms with Crippen LogP contribution in [0.2, 0.25) is 5.02 Å². The lowest BCUT2D eigenvalue weighted by Gasteiger charge is -1.93. The number of fused-ring (bicyclic) bond motifs is 1. The molecule has 1 heterocycles. The van der Waals surface area contributed by atoms with E-state index in [-0.39, 0.29) is 0 Å². The van der Waals surface area contributed by atoms with Gasteiger partial charge in [0.1, 0.15) is 17.0 Å². The number of nitriles is 2. The van der Waals surface area contributed by atoms with Crippen molar-refractivity contribution in [3.05, 3.63) is 33.7 Å². The van der Waals surface area contributed by atoms with E-state index in [4.69, 9.17) is 22.1 Å². The lowest BCUT2D eigenvalue weighted by molar-refractivity contribution is 1.51. The van der Waals surface area contributed by atoms with Crippen LogP contribution in [0.3, 0.4) is 0 Å². The second-order valence-electron chi connectivity index (χ2n) is 2.71. The predicted molar refractivity (Wildman–Crippen MR) is 56.3 cm³/mol. The van der Waals surface area contributed by atoms with Gasteiger partial charge < -0.3 is 0 Å². The third kappa shape index (κ3) is 1.33. The number of rotatable bonds is 0. The molecule has 2 nitrogen and oxygen atoms in total. The Morgan fingerprint density at radius 2 is 1.93 bits per heavy atom. The van der Waals surface area contributed by atoms with Gasteiger partial charge in [0, 0.05) is 5.02 Å². The summed E-state index contributed by atoms with van der Waals surface area (Å²) in [6.45, 7) is 0. The van der Waals surface area contributed by atoms with Gasteiger partial charge in [-0.25, -0.2) is 0 Å². The third-order valence-electron chi connectivity index (χ3n) is 1.81. The Hall–Kier alpha value is -1.55. The van der Waals surface area contributed by atoms with E-state index in [1.54, 1.807) is 18.2 Å². The maximum absolute atomic E-state index is 8.86. The van der Waals surface area contributed by atoms with Crippen LogP contribution in [0, 0.1) is 22.7 Å². The maximum atomic E-state index is 8.86. The lowest BCUT2D eigenvalue weighted by atomic mass is 10.2. The lowest BCUT2D eigenvalue weighted by Crippen LogP contribution is -1.73. The van der Waals surface area contributed by atoms with E-state index in [1.165, 1.54) is 11.3 Å². The summed E-state index contributed by atoms with van der Waals surface area (Å²) in [6, 6.07) is 9.23. The van der Waals surface area contributed by atoms with Crippen molar-refractivity contribution in [3.8, 4) is 12.1 Å². The molecule has 2 rings (SSSR count). The SMILES string of the molecule is N#Cc1cc2cc(Cl)cc(C#N)c2s1. The fourth-order valence-corrected chi connectivity index (χ4v) is 2.38. The van der Waals surface area contributed by atoms with Crippen molar-refractivity contribution < 1.29 is 0 Å². The molecule has 66 valence electrons. The molecule has 1 aromatic heterocycles. The summed E-state index contributed by atoms with van der Waals surface area (Å²) in [5.41, 5.74) is 0.527. The predicted octanol–water partition coefficient (Wildman–Crippen LogP) is 3.30. The molecule has 0 unspecified atom stereocenters. The number of benzene rings is 1. The quantitative estimate of drug-likeness (QED) is 0.681. The first-order valence-corrected chi connectivity index (χ1v) is 4.97. The van der Waals surface area contributed by atoms with Crippen LogP contribution in [-0.4, -0.2) is 0 Å². The van der Waals surface area contributed by atoms with Gasteiger partial charge in [0.05, 0.1) is 10.3 Å². The second-order valence-corrected chi connectivity index (χ2v) is 4.19. The second kappa shape index (κ2) is 3.31. The first-order valence-electron chi connectivity index (χ1n) is 3.78. The van der Waals surface area contributed by atoms with Crippen molar-refractivity contribution in [3.63, 3.8) is 0 Å². The molecule has 0 saturated carbocycles. The summed E-state index contributed by atoms with van der Waals surface area (Å²) in [5.74, 6) is 0. The molecule has 0 aliphatic heterocycles. The van der Waals surface area contributed by atoms with E-state index < -0.39 is 0 Å². The summed E-state index contributed by atoms with van der Waals surface area (Å²) in [6.07, 6.45) is 0. The van der Waals surface area contributed by atoms with Gasteiger partial charge in [-0.1, -0.05) is 11.6 Å². The van der Waals surface area contributed by atoms with Crippen LogP contribution in [-0.2, 0) is 0 Å².